The molecule has 2 heterocycles. The first-order valence-electron chi connectivity index (χ1n) is 5.20. The van der Waals surface area contributed by atoms with Crippen molar-refractivity contribution < 1.29 is 14.0 Å². The molecule has 0 atom stereocenters. The van der Waals surface area contributed by atoms with Gasteiger partial charge in [0.05, 0.1) is 12.2 Å². The Labute approximate surface area is 88.8 Å². The normalized spacial score (nSPS) is 16.8. The first-order valence-corrected chi connectivity index (χ1v) is 5.20. The lowest BCUT2D eigenvalue weighted by molar-refractivity contribution is -0.144. The summed E-state index contributed by atoms with van der Waals surface area (Å²) in [5.41, 5.74) is 0.606. The summed E-state index contributed by atoms with van der Waals surface area (Å²) in [6.07, 6.45) is 2.02. The van der Waals surface area contributed by atoms with Gasteiger partial charge in [0.15, 0.2) is 0 Å². The first-order chi connectivity index (χ1) is 7.18. The van der Waals surface area contributed by atoms with Gasteiger partial charge in [-0.15, -0.1) is 0 Å². The van der Waals surface area contributed by atoms with E-state index in [-0.39, 0.29) is 5.91 Å². The zero-order valence-electron chi connectivity index (χ0n) is 9.08. The summed E-state index contributed by atoms with van der Waals surface area (Å²) < 4.78 is 5.32. The smallest absolute Gasteiger partial charge is 0.280 e. The fraction of sp³-hybridized carbons (Fsp3) is 0.545. The lowest BCUT2D eigenvalue weighted by Gasteiger charge is -2.25. The van der Waals surface area contributed by atoms with Crippen LogP contribution < -0.4 is 0 Å². The standard InChI is InChI=1S/C11H15NO3/c1-8-7-10(9(2)15-8)11(13)12-5-3-4-6-14-12/h7H,3-6H2,1-2H3. The van der Waals surface area contributed by atoms with Crippen molar-refractivity contribution in [1.29, 1.82) is 0 Å². The number of hydrogen-bond donors (Lipinski definition) is 0. The van der Waals surface area contributed by atoms with E-state index >= 15 is 0 Å². The second kappa shape index (κ2) is 4.06. The number of furan rings is 1. The predicted octanol–water partition coefficient (Wildman–Crippen LogP) is 2.06. The summed E-state index contributed by atoms with van der Waals surface area (Å²) >= 11 is 0. The lowest BCUT2D eigenvalue weighted by Crippen LogP contribution is -2.35. The molecule has 1 aliphatic heterocycles. The number of nitrogens with zero attached hydrogens (tertiary/aromatic N) is 1. The minimum absolute atomic E-state index is 0.0935. The maximum absolute atomic E-state index is 12.0. The SMILES string of the molecule is Cc1cc(C(=O)N2CCCCO2)c(C)o1. The van der Waals surface area contributed by atoms with Gasteiger partial charge in [-0.25, -0.2) is 5.06 Å². The number of amides is 1. The molecule has 0 saturated carbocycles. The van der Waals surface area contributed by atoms with Crippen LogP contribution in [0.1, 0.15) is 34.7 Å². The summed E-state index contributed by atoms with van der Waals surface area (Å²) in [5, 5.41) is 1.43. The number of hydroxylamine groups is 2. The highest BCUT2D eigenvalue weighted by atomic mass is 16.7. The molecular formula is C11H15NO3. The molecule has 0 spiro atoms. The maximum atomic E-state index is 12.0. The number of carbonyl (C=O) groups is 1. The van der Waals surface area contributed by atoms with E-state index in [9.17, 15) is 4.79 Å². The van der Waals surface area contributed by atoms with Crippen LogP contribution in [0.5, 0.6) is 0 Å². The van der Waals surface area contributed by atoms with E-state index in [4.69, 9.17) is 9.25 Å². The Hall–Kier alpha value is -1.29. The quantitative estimate of drug-likeness (QED) is 0.711. The van der Waals surface area contributed by atoms with E-state index in [2.05, 4.69) is 0 Å². The highest BCUT2D eigenvalue weighted by Crippen LogP contribution is 2.18. The molecule has 2 rings (SSSR count). The summed E-state index contributed by atoms with van der Waals surface area (Å²) in [5.74, 6) is 1.32. The second-order valence-corrected chi connectivity index (χ2v) is 3.77. The van der Waals surface area contributed by atoms with E-state index in [1.807, 2.05) is 6.92 Å². The highest BCUT2D eigenvalue weighted by Gasteiger charge is 2.22. The zero-order chi connectivity index (χ0) is 10.8. The zero-order valence-corrected chi connectivity index (χ0v) is 9.08. The fourth-order valence-corrected chi connectivity index (χ4v) is 1.73. The van der Waals surface area contributed by atoms with Crippen molar-refractivity contribution in [3.63, 3.8) is 0 Å². The molecule has 0 aromatic carbocycles. The third kappa shape index (κ3) is 2.04. The van der Waals surface area contributed by atoms with Crippen LogP contribution in [0.4, 0.5) is 0 Å². The van der Waals surface area contributed by atoms with Crippen LogP contribution in [0.3, 0.4) is 0 Å². The molecule has 4 heteroatoms. The summed E-state index contributed by atoms with van der Waals surface area (Å²) in [6, 6.07) is 1.76. The summed E-state index contributed by atoms with van der Waals surface area (Å²) in [6.45, 7) is 4.93. The number of rotatable bonds is 1. The molecule has 0 aliphatic carbocycles. The number of aryl methyl sites for hydroxylation is 2. The molecule has 1 fully saturated rings. The molecule has 1 saturated heterocycles. The topological polar surface area (TPSA) is 42.7 Å². The van der Waals surface area contributed by atoms with E-state index in [0.29, 0.717) is 24.5 Å². The van der Waals surface area contributed by atoms with Crippen LogP contribution in [0.15, 0.2) is 10.5 Å². The molecule has 1 aliphatic rings. The van der Waals surface area contributed by atoms with Crippen LogP contribution in [0, 0.1) is 13.8 Å². The Morgan fingerprint density at radius 3 is 2.73 bits per heavy atom. The molecule has 0 radical (unpaired) electrons. The fourth-order valence-electron chi connectivity index (χ4n) is 1.73. The van der Waals surface area contributed by atoms with Gasteiger partial charge in [0.2, 0.25) is 0 Å². The van der Waals surface area contributed by atoms with E-state index in [1.54, 1.807) is 13.0 Å². The second-order valence-electron chi connectivity index (χ2n) is 3.77. The van der Waals surface area contributed by atoms with Gasteiger partial charge in [0.25, 0.3) is 5.91 Å². The summed E-state index contributed by atoms with van der Waals surface area (Å²) in [4.78, 5) is 17.3. The Morgan fingerprint density at radius 1 is 1.40 bits per heavy atom. The highest BCUT2D eigenvalue weighted by molar-refractivity contribution is 5.94. The van der Waals surface area contributed by atoms with Crippen molar-refractivity contribution in [2.75, 3.05) is 13.2 Å². The van der Waals surface area contributed by atoms with Gasteiger partial charge in [-0.1, -0.05) is 0 Å². The van der Waals surface area contributed by atoms with E-state index < -0.39 is 0 Å². The van der Waals surface area contributed by atoms with Gasteiger partial charge in [-0.2, -0.15) is 0 Å². The molecule has 0 N–H and O–H groups in total. The Bertz CT molecular complexity index is 364. The molecule has 15 heavy (non-hydrogen) atoms. The third-order valence-electron chi connectivity index (χ3n) is 2.50. The van der Waals surface area contributed by atoms with Crippen molar-refractivity contribution in [3.05, 3.63) is 23.2 Å². The lowest BCUT2D eigenvalue weighted by atomic mass is 10.2. The maximum Gasteiger partial charge on any atom is 0.280 e. The monoisotopic (exact) mass is 209 g/mol. The molecular weight excluding hydrogens is 194 g/mol. The molecule has 0 unspecified atom stereocenters. The van der Waals surface area contributed by atoms with Gasteiger partial charge in [-0.05, 0) is 32.8 Å². The molecule has 82 valence electrons. The van der Waals surface area contributed by atoms with Crippen molar-refractivity contribution in [2.45, 2.75) is 26.7 Å². The van der Waals surface area contributed by atoms with Gasteiger partial charge in [0, 0.05) is 6.54 Å². The minimum atomic E-state index is -0.0935. The van der Waals surface area contributed by atoms with Crippen LogP contribution in [0.25, 0.3) is 0 Å². The van der Waals surface area contributed by atoms with Crippen molar-refractivity contribution in [3.8, 4) is 0 Å². The van der Waals surface area contributed by atoms with Crippen molar-refractivity contribution in [2.24, 2.45) is 0 Å². The molecule has 1 amide bonds. The van der Waals surface area contributed by atoms with Gasteiger partial charge in [0.1, 0.15) is 11.5 Å². The van der Waals surface area contributed by atoms with Crippen molar-refractivity contribution in [1.82, 2.24) is 5.06 Å². The van der Waals surface area contributed by atoms with Crippen LogP contribution in [-0.2, 0) is 4.84 Å². The van der Waals surface area contributed by atoms with E-state index in [1.165, 1.54) is 5.06 Å². The predicted molar refractivity (Wildman–Crippen MR) is 54.4 cm³/mol. The minimum Gasteiger partial charge on any atom is -0.466 e. The van der Waals surface area contributed by atoms with Crippen LogP contribution >= 0.6 is 0 Å². The van der Waals surface area contributed by atoms with Gasteiger partial charge >= 0.3 is 0 Å². The Kier molecular flexibility index (Phi) is 2.77. The van der Waals surface area contributed by atoms with Crippen LogP contribution in [-0.4, -0.2) is 24.1 Å². The Balaban J connectivity index is 2.16. The van der Waals surface area contributed by atoms with Crippen molar-refractivity contribution >= 4 is 5.91 Å². The average molecular weight is 209 g/mol. The first kappa shape index (κ1) is 10.2. The van der Waals surface area contributed by atoms with E-state index in [0.717, 1.165) is 18.6 Å². The Morgan fingerprint density at radius 2 is 2.20 bits per heavy atom. The molecule has 0 bridgehead atoms. The largest absolute Gasteiger partial charge is 0.466 e. The average Bonchev–Trinajstić information content (AvgIpc) is 2.58. The molecule has 1 aromatic rings. The number of hydrogen-bond acceptors (Lipinski definition) is 3. The van der Waals surface area contributed by atoms with Gasteiger partial charge < -0.3 is 4.42 Å². The molecule has 1 aromatic heterocycles. The number of carbonyl (C=O) groups excluding carboxylic acids is 1. The third-order valence-corrected chi connectivity index (χ3v) is 2.50. The molecule has 4 nitrogen and oxygen atoms in total. The van der Waals surface area contributed by atoms with Crippen LogP contribution in [0.2, 0.25) is 0 Å². The van der Waals surface area contributed by atoms with Gasteiger partial charge in [-0.3, -0.25) is 9.63 Å². The summed E-state index contributed by atoms with van der Waals surface area (Å²) in [7, 11) is 0.